The highest BCUT2D eigenvalue weighted by Gasteiger charge is 2.50. The number of nitrogens with one attached hydrogen (secondary N) is 2. The average molecular weight is 408 g/mol. The van der Waals surface area contributed by atoms with Gasteiger partial charge in [-0.3, -0.25) is 14.9 Å². The third-order valence-corrected chi connectivity index (χ3v) is 5.45. The zero-order valence-corrected chi connectivity index (χ0v) is 15.2. The van der Waals surface area contributed by atoms with Crippen molar-refractivity contribution in [3.05, 3.63) is 69.0 Å². The first-order valence-electron chi connectivity index (χ1n) is 7.97. The van der Waals surface area contributed by atoms with E-state index in [4.69, 9.17) is 23.2 Å². The van der Waals surface area contributed by atoms with E-state index in [2.05, 4.69) is 10.6 Å². The average Bonchev–Trinajstić information content (AvgIpc) is 3.06. The van der Waals surface area contributed by atoms with Gasteiger partial charge in [0.05, 0.1) is 16.6 Å². The molecular formula is C18H12Cl2FN3O3. The van der Waals surface area contributed by atoms with E-state index in [1.165, 1.54) is 35.2 Å². The summed E-state index contributed by atoms with van der Waals surface area (Å²) in [6.45, 7) is 0.0795. The number of hydrogen-bond acceptors (Lipinski definition) is 3. The van der Waals surface area contributed by atoms with Crippen molar-refractivity contribution in [2.75, 3.05) is 6.54 Å². The smallest absolute Gasteiger partial charge is 0.322 e. The molecule has 1 saturated heterocycles. The zero-order valence-electron chi connectivity index (χ0n) is 13.7. The van der Waals surface area contributed by atoms with E-state index in [1.54, 1.807) is 6.07 Å². The molecule has 0 aromatic heterocycles. The molecule has 1 unspecified atom stereocenters. The standard InChI is InChI=1S/C18H12Cl2FN3O3/c19-13-5-9-7-24(15(25)12(9)6-14(13)20)8-18(16(26)22-17(27)23-18)10-1-3-11(21)4-2-10/h1-6H,7-8H2,(H2,22,23,26,27). The van der Waals surface area contributed by atoms with Gasteiger partial charge in [0.1, 0.15) is 5.82 Å². The van der Waals surface area contributed by atoms with Gasteiger partial charge in [0, 0.05) is 12.1 Å². The monoisotopic (exact) mass is 407 g/mol. The van der Waals surface area contributed by atoms with Crippen LogP contribution >= 0.6 is 23.2 Å². The van der Waals surface area contributed by atoms with Crippen molar-refractivity contribution in [3.8, 4) is 0 Å². The highest BCUT2D eigenvalue weighted by atomic mass is 35.5. The summed E-state index contributed by atoms with van der Waals surface area (Å²) >= 11 is 12.0. The molecule has 138 valence electrons. The van der Waals surface area contributed by atoms with Crippen molar-refractivity contribution < 1.29 is 18.8 Å². The van der Waals surface area contributed by atoms with Crippen molar-refractivity contribution in [2.24, 2.45) is 0 Å². The molecule has 9 heteroatoms. The Labute approximate surface area is 163 Å². The van der Waals surface area contributed by atoms with Crippen LogP contribution in [0.2, 0.25) is 10.0 Å². The van der Waals surface area contributed by atoms with E-state index < -0.39 is 23.3 Å². The largest absolute Gasteiger partial charge is 0.331 e. The van der Waals surface area contributed by atoms with Crippen molar-refractivity contribution >= 4 is 41.0 Å². The van der Waals surface area contributed by atoms with Gasteiger partial charge in [0.2, 0.25) is 0 Å². The second kappa shape index (κ2) is 6.21. The number of rotatable bonds is 3. The lowest BCUT2D eigenvalue weighted by Crippen LogP contribution is -2.52. The molecule has 0 spiro atoms. The SMILES string of the molecule is O=C1NC(=O)C(CN2Cc3cc(Cl)c(Cl)cc3C2=O)(c2ccc(F)cc2)N1. The van der Waals surface area contributed by atoms with Gasteiger partial charge in [0.15, 0.2) is 5.54 Å². The predicted octanol–water partition coefficient (Wildman–Crippen LogP) is 2.82. The second-order valence-electron chi connectivity index (χ2n) is 6.41. The molecule has 2 aromatic rings. The van der Waals surface area contributed by atoms with Crippen LogP contribution in [0, 0.1) is 5.82 Å². The van der Waals surface area contributed by atoms with Gasteiger partial charge in [-0.05, 0) is 35.4 Å². The lowest BCUT2D eigenvalue weighted by molar-refractivity contribution is -0.124. The molecule has 0 saturated carbocycles. The minimum atomic E-state index is -1.52. The van der Waals surface area contributed by atoms with Gasteiger partial charge < -0.3 is 10.2 Å². The van der Waals surface area contributed by atoms with E-state index in [0.29, 0.717) is 21.7 Å². The second-order valence-corrected chi connectivity index (χ2v) is 7.22. The van der Waals surface area contributed by atoms with E-state index in [0.717, 1.165) is 0 Å². The third-order valence-electron chi connectivity index (χ3n) is 4.73. The summed E-state index contributed by atoms with van der Waals surface area (Å²) < 4.78 is 13.3. The number of imide groups is 1. The van der Waals surface area contributed by atoms with Crippen LogP contribution < -0.4 is 10.6 Å². The first kappa shape index (κ1) is 17.8. The van der Waals surface area contributed by atoms with Gasteiger partial charge in [-0.25, -0.2) is 9.18 Å². The molecule has 4 rings (SSSR count). The lowest BCUT2D eigenvalue weighted by atomic mass is 9.89. The number of benzene rings is 2. The Kier molecular flexibility index (Phi) is 4.09. The van der Waals surface area contributed by atoms with Crippen molar-refractivity contribution in [1.82, 2.24) is 15.5 Å². The van der Waals surface area contributed by atoms with Crippen LogP contribution in [-0.4, -0.2) is 29.3 Å². The summed E-state index contributed by atoms with van der Waals surface area (Å²) in [5, 5.41) is 5.35. The van der Waals surface area contributed by atoms with Gasteiger partial charge in [0.25, 0.3) is 11.8 Å². The molecule has 0 bridgehead atoms. The maximum Gasteiger partial charge on any atom is 0.322 e. The molecule has 6 nitrogen and oxygen atoms in total. The van der Waals surface area contributed by atoms with Crippen molar-refractivity contribution in [1.29, 1.82) is 0 Å². The number of urea groups is 1. The Hall–Kier alpha value is -2.64. The molecule has 2 heterocycles. The van der Waals surface area contributed by atoms with Crippen LogP contribution in [0.1, 0.15) is 21.5 Å². The van der Waals surface area contributed by atoms with Crippen LogP contribution in [0.4, 0.5) is 9.18 Å². The molecular weight excluding hydrogens is 396 g/mol. The summed E-state index contributed by atoms with van der Waals surface area (Å²) in [7, 11) is 0. The van der Waals surface area contributed by atoms with Crippen molar-refractivity contribution in [3.63, 3.8) is 0 Å². The number of carbonyl (C=O) groups is 3. The van der Waals surface area contributed by atoms with Crippen LogP contribution in [-0.2, 0) is 16.9 Å². The highest BCUT2D eigenvalue weighted by Crippen LogP contribution is 2.34. The number of carbonyl (C=O) groups excluding carboxylic acids is 3. The summed E-state index contributed by atoms with van der Waals surface area (Å²) in [6.07, 6.45) is 0. The van der Waals surface area contributed by atoms with Gasteiger partial charge in [-0.1, -0.05) is 35.3 Å². The van der Waals surface area contributed by atoms with Gasteiger partial charge >= 0.3 is 6.03 Å². The summed E-state index contributed by atoms with van der Waals surface area (Å²) in [6, 6.07) is 7.60. The van der Waals surface area contributed by atoms with Gasteiger partial charge in [-0.2, -0.15) is 0 Å². The topological polar surface area (TPSA) is 78.5 Å². The van der Waals surface area contributed by atoms with E-state index in [-0.39, 0.29) is 24.0 Å². The summed E-state index contributed by atoms with van der Waals surface area (Å²) in [5.74, 6) is -1.43. The lowest BCUT2D eigenvalue weighted by Gasteiger charge is -2.31. The fraction of sp³-hybridized carbons (Fsp3) is 0.167. The van der Waals surface area contributed by atoms with E-state index in [1.807, 2.05) is 0 Å². The molecule has 2 aromatic carbocycles. The molecule has 2 N–H and O–H groups in total. The molecule has 2 aliphatic rings. The normalized spacial score (nSPS) is 21.3. The Morgan fingerprint density at radius 1 is 1.07 bits per heavy atom. The number of fused-ring (bicyclic) bond motifs is 1. The van der Waals surface area contributed by atoms with Gasteiger partial charge in [-0.15, -0.1) is 0 Å². The fourth-order valence-corrected chi connectivity index (χ4v) is 3.76. The van der Waals surface area contributed by atoms with Crippen LogP contribution in [0.15, 0.2) is 36.4 Å². The number of nitrogens with zero attached hydrogens (tertiary/aromatic N) is 1. The minimum Gasteiger partial charge on any atom is -0.331 e. The first-order chi connectivity index (χ1) is 12.8. The Balaban J connectivity index is 1.72. The maximum atomic E-state index is 13.3. The predicted molar refractivity (Wildman–Crippen MR) is 96.0 cm³/mol. The number of hydrogen-bond donors (Lipinski definition) is 2. The Morgan fingerprint density at radius 3 is 2.37 bits per heavy atom. The molecule has 0 aliphatic carbocycles. The number of halogens is 3. The molecule has 27 heavy (non-hydrogen) atoms. The van der Waals surface area contributed by atoms with Crippen LogP contribution in [0.25, 0.3) is 0 Å². The quantitative estimate of drug-likeness (QED) is 0.767. The van der Waals surface area contributed by atoms with E-state index >= 15 is 0 Å². The maximum absolute atomic E-state index is 13.3. The minimum absolute atomic E-state index is 0.126. The van der Waals surface area contributed by atoms with Crippen LogP contribution in [0.5, 0.6) is 0 Å². The molecule has 0 radical (unpaired) electrons. The number of amides is 4. The summed E-state index contributed by atoms with van der Waals surface area (Å²) in [4.78, 5) is 38.6. The van der Waals surface area contributed by atoms with Crippen molar-refractivity contribution in [2.45, 2.75) is 12.1 Å². The third kappa shape index (κ3) is 2.83. The highest BCUT2D eigenvalue weighted by molar-refractivity contribution is 6.42. The Morgan fingerprint density at radius 2 is 1.74 bits per heavy atom. The zero-order chi connectivity index (χ0) is 19.3. The Bertz CT molecular complexity index is 996. The van der Waals surface area contributed by atoms with Crippen LogP contribution in [0.3, 0.4) is 0 Å². The fourth-order valence-electron chi connectivity index (χ4n) is 3.41. The van der Waals surface area contributed by atoms with E-state index in [9.17, 15) is 18.8 Å². The first-order valence-corrected chi connectivity index (χ1v) is 8.72. The molecule has 2 aliphatic heterocycles. The molecule has 1 fully saturated rings. The molecule has 4 amide bonds. The molecule has 1 atom stereocenters. The summed E-state index contributed by atoms with van der Waals surface area (Å²) in [5.41, 5.74) is -0.0837.